The minimum Gasteiger partial charge on any atom is -0.485 e. The Balaban J connectivity index is 1.29. The molecule has 0 spiro atoms. The quantitative estimate of drug-likeness (QED) is 0.267. The maximum Gasteiger partial charge on any atom is 0.232 e. The van der Waals surface area contributed by atoms with Crippen molar-refractivity contribution < 1.29 is 19.1 Å². The van der Waals surface area contributed by atoms with Gasteiger partial charge in [0.2, 0.25) is 5.78 Å². The lowest BCUT2D eigenvalue weighted by atomic mass is 10.0. The van der Waals surface area contributed by atoms with Crippen LogP contribution in [0.5, 0.6) is 11.5 Å². The molecule has 0 atom stereocenters. The van der Waals surface area contributed by atoms with Gasteiger partial charge in [0.15, 0.2) is 18.1 Å². The Bertz CT molecular complexity index is 1370. The van der Waals surface area contributed by atoms with E-state index >= 15 is 0 Å². The number of ketones is 2. The summed E-state index contributed by atoms with van der Waals surface area (Å²) in [6.07, 6.45) is 1.71. The molecule has 4 aromatic rings. The van der Waals surface area contributed by atoms with Crippen molar-refractivity contribution in [2.24, 2.45) is 0 Å². The molecule has 156 valence electrons. The molecule has 4 aromatic carbocycles. The average Bonchev–Trinajstić information content (AvgIpc) is 3.14. The monoisotopic (exact) mass is 440 g/mol. The van der Waals surface area contributed by atoms with E-state index in [1.165, 1.54) is 0 Å². The van der Waals surface area contributed by atoms with Crippen molar-refractivity contribution >= 4 is 40.0 Å². The van der Waals surface area contributed by atoms with Crippen LogP contribution in [-0.4, -0.2) is 18.2 Å². The van der Waals surface area contributed by atoms with E-state index in [9.17, 15) is 9.59 Å². The fourth-order valence-electron chi connectivity index (χ4n) is 3.63. The van der Waals surface area contributed by atoms with Crippen molar-refractivity contribution in [3.05, 3.63) is 112 Å². The molecule has 32 heavy (non-hydrogen) atoms. The van der Waals surface area contributed by atoms with Crippen LogP contribution in [0.3, 0.4) is 0 Å². The van der Waals surface area contributed by atoms with E-state index in [1.807, 2.05) is 48.5 Å². The van der Waals surface area contributed by atoms with Gasteiger partial charge in [0.05, 0.1) is 5.56 Å². The Labute approximate surface area is 189 Å². The lowest BCUT2D eigenvalue weighted by Crippen LogP contribution is -2.11. The Hall–Kier alpha value is -3.89. The first-order valence-corrected chi connectivity index (χ1v) is 10.4. The summed E-state index contributed by atoms with van der Waals surface area (Å²) in [4.78, 5) is 25.2. The van der Waals surface area contributed by atoms with Gasteiger partial charge in [-0.1, -0.05) is 54.1 Å². The van der Waals surface area contributed by atoms with Crippen LogP contribution >= 0.6 is 11.6 Å². The predicted octanol–water partition coefficient (Wildman–Crippen LogP) is 6.37. The van der Waals surface area contributed by atoms with Crippen LogP contribution in [0.1, 0.15) is 26.3 Å². The summed E-state index contributed by atoms with van der Waals surface area (Å²) >= 11 is 5.85. The first-order valence-electron chi connectivity index (χ1n) is 10.1. The van der Waals surface area contributed by atoms with Crippen molar-refractivity contribution in [3.63, 3.8) is 0 Å². The van der Waals surface area contributed by atoms with E-state index in [1.54, 1.807) is 42.5 Å². The molecule has 1 aliphatic heterocycles. The molecule has 0 N–H and O–H groups in total. The fraction of sp³-hybridized carbons (Fsp3) is 0.0370. The van der Waals surface area contributed by atoms with Gasteiger partial charge in [0.1, 0.15) is 11.5 Å². The maximum atomic E-state index is 13.0. The lowest BCUT2D eigenvalue weighted by molar-refractivity contribution is 0.0921. The molecule has 0 saturated carbocycles. The van der Waals surface area contributed by atoms with Crippen molar-refractivity contribution in [1.82, 2.24) is 0 Å². The number of carbonyl (C=O) groups is 2. The van der Waals surface area contributed by atoms with Crippen molar-refractivity contribution in [2.75, 3.05) is 6.61 Å². The van der Waals surface area contributed by atoms with Crippen LogP contribution in [-0.2, 0) is 0 Å². The largest absolute Gasteiger partial charge is 0.485 e. The highest BCUT2D eigenvalue weighted by molar-refractivity contribution is 6.30. The van der Waals surface area contributed by atoms with E-state index in [-0.39, 0.29) is 23.9 Å². The minimum absolute atomic E-state index is 0.0773. The zero-order valence-electron chi connectivity index (χ0n) is 16.9. The standard InChI is InChI=1S/C27H17ClO4/c28-20-10-7-19(8-11-20)23(29)16-31-21-12-5-17(6-13-21)15-25-27(30)26-22-4-2-1-3-18(22)9-14-24(26)32-25/h1-15H,16H2/b25-15-. The number of benzene rings is 4. The zero-order chi connectivity index (χ0) is 22.1. The van der Waals surface area contributed by atoms with Gasteiger partial charge in [-0.15, -0.1) is 0 Å². The number of carbonyl (C=O) groups excluding carboxylic acids is 2. The summed E-state index contributed by atoms with van der Waals surface area (Å²) in [7, 11) is 0. The third-order valence-corrected chi connectivity index (χ3v) is 5.53. The summed E-state index contributed by atoms with van der Waals surface area (Å²) < 4.78 is 11.4. The normalized spacial score (nSPS) is 13.8. The van der Waals surface area contributed by atoms with Crippen molar-refractivity contribution in [3.8, 4) is 11.5 Å². The third kappa shape index (κ3) is 3.88. The first-order chi connectivity index (χ1) is 15.6. The topological polar surface area (TPSA) is 52.6 Å². The molecule has 0 aromatic heterocycles. The van der Waals surface area contributed by atoms with Crippen LogP contribution in [0.25, 0.3) is 16.8 Å². The summed E-state index contributed by atoms with van der Waals surface area (Å²) in [5, 5.41) is 2.46. The number of halogens is 1. The molecular formula is C27H17ClO4. The molecule has 0 radical (unpaired) electrons. The summed E-state index contributed by atoms with van der Waals surface area (Å²) in [6.45, 7) is -0.0773. The summed E-state index contributed by atoms with van der Waals surface area (Å²) in [5.41, 5.74) is 1.93. The fourth-order valence-corrected chi connectivity index (χ4v) is 3.76. The van der Waals surface area contributed by atoms with Gasteiger partial charge in [0.25, 0.3) is 0 Å². The van der Waals surface area contributed by atoms with Crippen LogP contribution in [0.15, 0.2) is 90.7 Å². The molecule has 0 aliphatic carbocycles. The molecule has 1 heterocycles. The third-order valence-electron chi connectivity index (χ3n) is 5.28. The van der Waals surface area contributed by atoms with Crippen LogP contribution in [0.2, 0.25) is 5.02 Å². The Morgan fingerprint density at radius 2 is 1.66 bits per heavy atom. The van der Waals surface area contributed by atoms with Gasteiger partial charge in [-0.25, -0.2) is 0 Å². The van der Waals surface area contributed by atoms with E-state index in [4.69, 9.17) is 21.1 Å². The summed E-state index contributed by atoms with van der Waals surface area (Å²) in [5.74, 6) is 1.14. The van der Waals surface area contributed by atoms with Crippen LogP contribution < -0.4 is 9.47 Å². The van der Waals surface area contributed by atoms with Gasteiger partial charge in [-0.3, -0.25) is 9.59 Å². The number of fused-ring (bicyclic) bond motifs is 3. The summed E-state index contributed by atoms with van der Waals surface area (Å²) in [6, 6.07) is 25.3. The molecule has 0 saturated heterocycles. The van der Waals surface area contributed by atoms with Crippen LogP contribution in [0, 0.1) is 0 Å². The van der Waals surface area contributed by atoms with Crippen molar-refractivity contribution in [2.45, 2.75) is 0 Å². The number of allylic oxidation sites excluding steroid dienone is 1. The number of Topliss-reactive ketones (excluding diaryl/α,β-unsaturated/α-hetero) is 2. The van der Waals surface area contributed by atoms with Gasteiger partial charge < -0.3 is 9.47 Å². The first kappa shape index (κ1) is 20.0. The molecule has 0 fully saturated rings. The lowest BCUT2D eigenvalue weighted by Gasteiger charge is -2.06. The van der Waals surface area contributed by atoms with Gasteiger partial charge in [0, 0.05) is 10.6 Å². The van der Waals surface area contributed by atoms with Gasteiger partial charge in [-0.05, 0) is 64.9 Å². The number of ether oxygens (including phenoxy) is 2. The second-order valence-electron chi connectivity index (χ2n) is 7.39. The number of hydrogen-bond donors (Lipinski definition) is 0. The van der Waals surface area contributed by atoms with E-state index in [2.05, 4.69) is 0 Å². The molecule has 0 unspecified atom stereocenters. The highest BCUT2D eigenvalue weighted by atomic mass is 35.5. The van der Waals surface area contributed by atoms with Crippen molar-refractivity contribution in [1.29, 1.82) is 0 Å². The SMILES string of the molecule is O=C(COc1ccc(/C=C2\Oc3ccc4ccccc4c3C2=O)cc1)c1ccc(Cl)cc1. The zero-order valence-corrected chi connectivity index (χ0v) is 17.6. The Morgan fingerprint density at radius 3 is 2.44 bits per heavy atom. The maximum absolute atomic E-state index is 13.0. The van der Waals surface area contributed by atoms with Crippen LogP contribution in [0.4, 0.5) is 0 Å². The minimum atomic E-state index is -0.136. The Morgan fingerprint density at radius 1 is 0.906 bits per heavy atom. The van der Waals surface area contributed by atoms with E-state index in [0.29, 0.717) is 27.6 Å². The molecule has 5 rings (SSSR count). The molecule has 1 aliphatic rings. The molecular weight excluding hydrogens is 424 g/mol. The number of hydrogen-bond acceptors (Lipinski definition) is 4. The smallest absolute Gasteiger partial charge is 0.232 e. The molecule has 5 heteroatoms. The van der Waals surface area contributed by atoms with Gasteiger partial charge >= 0.3 is 0 Å². The predicted molar refractivity (Wildman–Crippen MR) is 125 cm³/mol. The second-order valence-corrected chi connectivity index (χ2v) is 7.82. The van der Waals surface area contributed by atoms with E-state index in [0.717, 1.165) is 16.3 Å². The number of rotatable bonds is 5. The second kappa shape index (κ2) is 8.33. The average molecular weight is 441 g/mol. The van der Waals surface area contributed by atoms with E-state index < -0.39 is 0 Å². The molecule has 0 amide bonds. The highest BCUT2D eigenvalue weighted by Crippen LogP contribution is 2.37. The molecule has 0 bridgehead atoms. The molecule has 4 nitrogen and oxygen atoms in total. The van der Waals surface area contributed by atoms with Gasteiger partial charge in [-0.2, -0.15) is 0 Å². The highest BCUT2D eigenvalue weighted by Gasteiger charge is 2.29. The Kier molecular flexibility index (Phi) is 5.21.